The van der Waals surface area contributed by atoms with Gasteiger partial charge in [-0.05, 0) is 48.2 Å². The molecule has 2 aromatic carbocycles. The zero-order chi connectivity index (χ0) is 20.5. The van der Waals surface area contributed by atoms with E-state index in [0.29, 0.717) is 17.3 Å². The zero-order valence-electron chi connectivity index (χ0n) is 16.2. The molecule has 6 heteroatoms. The molecule has 0 fully saturated rings. The quantitative estimate of drug-likeness (QED) is 0.485. The highest BCUT2D eigenvalue weighted by Crippen LogP contribution is 2.26. The van der Waals surface area contributed by atoms with Gasteiger partial charge in [0.15, 0.2) is 0 Å². The van der Waals surface area contributed by atoms with Crippen molar-refractivity contribution < 1.29 is 9.59 Å². The Balaban J connectivity index is 2.09. The van der Waals surface area contributed by atoms with E-state index in [2.05, 4.69) is 29.8 Å². The summed E-state index contributed by atoms with van der Waals surface area (Å²) < 4.78 is 0. The van der Waals surface area contributed by atoms with Crippen LogP contribution in [0.1, 0.15) is 38.7 Å². The van der Waals surface area contributed by atoms with Crippen LogP contribution in [0.15, 0.2) is 60.3 Å². The molecule has 1 atom stereocenters. The molecule has 6 nitrogen and oxygen atoms in total. The van der Waals surface area contributed by atoms with Gasteiger partial charge in [-0.15, -0.1) is 0 Å². The van der Waals surface area contributed by atoms with Crippen molar-refractivity contribution in [2.24, 2.45) is 0 Å². The van der Waals surface area contributed by atoms with Crippen LogP contribution < -0.4 is 16.0 Å². The van der Waals surface area contributed by atoms with Crippen molar-refractivity contribution in [3.63, 3.8) is 0 Å². The van der Waals surface area contributed by atoms with Crippen molar-refractivity contribution in [3.8, 4) is 6.07 Å². The molecule has 144 valence electrons. The molecule has 0 aliphatic heterocycles. The molecule has 3 N–H and O–H groups in total. The molecule has 0 aliphatic rings. The number of amides is 2. The Bertz CT molecular complexity index is 911. The third kappa shape index (κ3) is 5.71. The summed E-state index contributed by atoms with van der Waals surface area (Å²) in [6, 6.07) is 16.4. The van der Waals surface area contributed by atoms with E-state index in [4.69, 9.17) is 0 Å². The maximum atomic E-state index is 12.4. The van der Waals surface area contributed by atoms with Gasteiger partial charge in [0, 0.05) is 30.2 Å². The van der Waals surface area contributed by atoms with E-state index >= 15 is 0 Å². The lowest BCUT2D eigenvalue weighted by atomic mass is 9.97. The number of nitriles is 1. The van der Waals surface area contributed by atoms with Gasteiger partial charge in [-0.25, -0.2) is 0 Å². The van der Waals surface area contributed by atoms with Crippen molar-refractivity contribution in [1.82, 2.24) is 0 Å². The van der Waals surface area contributed by atoms with Crippen LogP contribution in [0.3, 0.4) is 0 Å². The first kappa shape index (κ1) is 20.7. The van der Waals surface area contributed by atoms with Crippen LogP contribution in [0.25, 0.3) is 0 Å². The summed E-state index contributed by atoms with van der Waals surface area (Å²) >= 11 is 0. The van der Waals surface area contributed by atoms with E-state index in [9.17, 15) is 14.9 Å². The summed E-state index contributed by atoms with van der Waals surface area (Å²) in [4.78, 5) is 23.4. The summed E-state index contributed by atoms with van der Waals surface area (Å²) in [6.45, 7) is 5.67. The lowest BCUT2D eigenvalue weighted by Crippen LogP contribution is -2.15. The first-order chi connectivity index (χ1) is 13.4. The number of hydrogen-bond acceptors (Lipinski definition) is 4. The van der Waals surface area contributed by atoms with Gasteiger partial charge in [0.2, 0.25) is 5.91 Å². The topological polar surface area (TPSA) is 94.0 Å². The molecule has 0 aliphatic carbocycles. The molecule has 1 unspecified atom stereocenters. The first-order valence-electron chi connectivity index (χ1n) is 9.09. The summed E-state index contributed by atoms with van der Waals surface area (Å²) in [5.74, 6) is -0.322. The molecule has 2 rings (SSSR count). The van der Waals surface area contributed by atoms with Crippen molar-refractivity contribution in [2.75, 3.05) is 16.0 Å². The molecule has 2 aromatic rings. The molecule has 0 saturated heterocycles. The van der Waals surface area contributed by atoms with E-state index in [-0.39, 0.29) is 11.5 Å². The molecule has 0 heterocycles. The predicted molar refractivity (Wildman–Crippen MR) is 112 cm³/mol. The average molecular weight is 376 g/mol. The molecule has 2 amide bonds. The Morgan fingerprint density at radius 1 is 1.07 bits per heavy atom. The third-order valence-corrected chi connectivity index (χ3v) is 4.30. The largest absolute Gasteiger partial charge is 0.360 e. The van der Waals surface area contributed by atoms with Gasteiger partial charge in [0.05, 0.1) is 0 Å². The van der Waals surface area contributed by atoms with Crippen LogP contribution in [0.5, 0.6) is 0 Å². The number of nitrogens with zero attached hydrogens (tertiary/aromatic N) is 1. The molecule has 0 saturated carbocycles. The maximum Gasteiger partial charge on any atom is 0.267 e. The predicted octanol–water partition coefficient (Wildman–Crippen LogP) is 4.62. The number of rotatable bonds is 7. The highest BCUT2D eigenvalue weighted by atomic mass is 16.2. The lowest BCUT2D eigenvalue weighted by molar-refractivity contribution is -0.114. The number of benzene rings is 2. The minimum Gasteiger partial charge on any atom is -0.360 e. The minimum absolute atomic E-state index is 0.0371. The standard InChI is InChI=1S/C22H24N4O2/c1-4-15(2)20-7-5-6-8-21(20)24-14-17(13-23)22(28)26-19-11-9-18(10-12-19)25-16(3)27/h5-12,14-15,24H,4H2,1-3H3,(H,25,27)(H,26,28)/b17-14-. The van der Waals surface area contributed by atoms with Crippen molar-refractivity contribution in [2.45, 2.75) is 33.1 Å². The van der Waals surface area contributed by atoms with Gasteiger partial charge >= 0.3 is 0 Å². The number of carbonyl (C=O) groups is 2. The fourth-order valence-electron chi connectivity index (χ4n) is 2.62. The fraction of sp³-hybridized carbons (Fsp3) is 0.227. The summed E-state index contributed by atoms with van der Waals surface area (Å²) in [5.41, 5.74) is 3.12. The second kappa shape index (κ2) is 9.93. The SMILES string of the molecule is CCC(C)c1ccccc1N/C=C(/C#N)C(=O)Nc1ccc(NC(C)=O)cc1. The molecule has 0 spiro atoms. The van der Waals surface area contributed by atoms with Gasteiger partial charge in [-0.2, -0.15) is 5.26 Å². The Morgan fingerprint density at radius 3 is 2.25 bits per heavy atom. The maximum absolute atomic E-state index is 12.4. The molecule has 0 aromatic heterocycles. The van der Waals surface area contributed by atoms with Crippen molar-refractivity contribution >= 4 is 28.9 Å². The van der Waals surface area contributed by atoms with Crippen LogP contribution in [-0.2, 0) is 9.59 Å². The molecular formula is C22H24N4O2. The summed E-state index contributed by atoms with van der Waals surface area (Å²) in [6.07, 6.45) is 2.41. The first-order valence-corrected chi connectivity index (χ1v) is 9.09. The fourth-order valence-corrected chi connectivity index (χ4v) is 2.62. The van der Waals surface area contributed by atoms with Crippen LogP contribution in [0.4, 0.5) is 17.1 Å². The normalized spacial score (nSPS) is 11.9. The zero-order valence-corrected chi connectivity index (χ0v) is 16.2. The number of anilines is 3. The smallest absolute Gasteiger partial charge is 0.267 e. The number of hydrogen-bond donors (Lipinski definition) is 3. The Labute approximate surface area is 165 Å². The summed E-state index contributed by atoms with van der Waals surface area (Å²) in [7, 11) is 0. The van der Waals surface area contributed by atoms with Gasteiger partial charge in [-0.1, -0.05) is 32.0 Å². The van der Waals surface area contributed by atoms with Crippen LogP contribution in [-0.4, -0.2) is 11.8 Å². The van der Waals surface area contributed by atoms with E-state index in [1.165, 1.54) is 13.1 Å². The second-order valence-corrected chi connectivity index (χ2v) is 6.42. The Morgan fingerprint density at radius 2 is 1.68 bits per heavy atom. The van der Waals surface area contributed by atoms with E-state index in [1.54, 1.807) is 24.3 Å². The number of para-hydroxylation sites is 1. The molecule has 0 bridgehead atoms. The molecular weight excluding hydrogens is 352 g/mol. The monoisotopic (exact) mass is 376 g/mol. The van der Waals surface area contributed by atoms with E-state index < -0.39 is 5.91 Å². The van der Waals surface area contributed by atoms with Gasteiger partial charge in [0.25, 0.3) is 5.91 Å². The molecule has 28 heavy (non-hydrogen) atoms. The van der Waals surface area contributed by atoms with Gasteiger partial charge in [-0.3, -0.25) is 9.59 Å². The second-order valence-electron chi connectivity index (χ2n) is 6.42. The number of carbonyl (C=O) groups excluding carboxylic acids is 2. The van der Waals surface area contributed by atoms with E-state index in [0.717, 1.165) is 17.7 Å². The van der Waals surface area contributed by atoms with Crippen LogP contribution in [0, 0.1) is 11.3 Å². The summed E-state index contributed by atoms with van der Waals surface area (Å²) in [5, 5.41) is 17.8. The highest BCUT2D eigenvalue weighted by Gasteiger charge is 2.11. The minimum atomic E-state index is -0.511. The lowest BCUT2D eigenvalue weighted by Gasteiger charge is -2.14. The Kier molecular flexibility index (Phi) is 7.35. The van der Waals surface area contributed by atoms with Gasteiger partial charge in [0.1, 0.15) is 11.6 Å². The highest BCUT2D eigenvalue weighted by molar-refractivity contribution is 6.06. The Hall–Kier alpha value is -3.59. The van der Waals surface area contributed by atoms with Crippen LogP contribution in [0.2, 0.25) is 0 Å². The van der Waals surface area contributed by atoms with Crippen LogP contribution >= 0.6 is 0 Å². The average Bonchev–Trinajstić information content (AvgIpc) is 2.69. The van der Waals surface area contributed by atoms with E-state index in [1.807, 2.05) is 30.3 Å². The molecule has 0 radical (unpaired) electrons. The number of nitrogens with one attached hydrogen (secondary N) is 3. The van der Waals surface area contributed by atoms with Crippen molar-refractivity contribution in [1.29, 1.82) is 5.26 Å². The van der Waals surface area contributed by atoms with Gasteiger partial charge < -0.3 is 16.0 Å². The van der Waals surface area contributed by atoms with Crippen molar-refractivity contribution in [3.05, 3.63) is 65.9 Å². The third-order valence-electron chi connectivity index (χ3n) is 4.30.